The van der Waals surface area contributed by atoms with Gasteiger partial charge in [0, 0.05) is 79.7 Å². The Hall–Kier alpha value is -4.15. The molecule has 1 aromatic heterocycles. The molecule has 308 valence electrons. The first-order valence-electron chi connectivity index (χ1n) is 18.8. The number of aliphatic hydroxyl groups is 2. The zero-order valence-electron chi connectivity index (χ0n) is 31.5. The highest BCUT2D eigenvalue weighted by molar-refractivity contribution is 8.76. The van der Waals surface area contributed by atoms with Crippen LogP contribution in [0, 0.1) is 0 Å². The second-order valence-corrected chi connectivity index (χ2v) is 17.1. The first kappa shape index (κ1) is 40.6. The molecule has 17 nitrogen and oxygen atoms in total. The molecular formula is C39H43N5O12S2. The summed E-state index contributed by atoms with van der Waals surface area (Å²) in [5.41, 5.74) is 4.97. The largest absolute Gasteiger partial charge is 0.507 e. The van der Waals surface area contributed by atoms with Gasteiger partial charge in [-0.15, -0.1) is 0 Å². The molecule has 8 rings (SSSR count). The summed E-state index contributed by atoms with van der Waals surface area (Å²) in [7, 11) is 4.37. The fourth-order valence-corrected chi connectivity index (χ4v) is 10.4. The summed E-state index contributed by atoms with van der Waals surface area (Å²) < 4.78 is 30.5. The number of hydrogen-bond acceptors (Lipinski definition) is 18. The van der Waals surface area contributed by atoms with E-state index in [1.165, 1.54) is 46.9 Å². The second kappa shape index (κ2) is 16.5. The number of nitrogens with two attached hydrogens (primary N) is 1. The van der Waals surface area contributed by atoms with Crippen molar-refractivity contribution in [3.05, 3.63) is 76.0 Å². The van der Waals surface area contributed by atoms with Gasteiger partial charge in [-0.3, -0.25) is 19.3 Å². The van der Waals surface area contributed by atoms with Gasteiger partial charge in [0.1, 0.15) is 28.2 Å². The number of aliphatic hydroxyl groups excluding tert-OH is 1. The number of ether oxygens (including phenoxy) is 5. The van der Waals surface area contributed by atoms with Gasteiger partial charge in [0.25, 0.3) is 0 Å². The molecule has 4 heterocycles. The van der Waals surface area contributed by atoms with Crippen LogP contribution in [0.5, 0.6) is 11.5 Å². The number of anilines is 1. The van der Waals surface area contributed by atoms with Gasteiger partial charge >= 0.3 is 0 Å². The SMILES string of the molecule is CO[C@H]1OCCN2[C@@H]1O[C@@H]1[C@H](C)O[C@@H](O[C@H]3C[C@](O)(/C(CO)=N/NC(=O)CCSSc4ccccn4)Cc4c(O)c5c(c(O)c43)C(=O)c3c(N)cccc3C5=O)C[C@@H]12. The highest BCUT2D eigenvalue weighted by Gasteiger charge is 2.55. The number of phenols is 2. The Morgan fingerprint density at radius 2 is 1.93 bits per heavy atom. The molecule has 2 aliphatic carbocycles. The van der Waals surface area contributed by atoms with Crippen LogP contribution >= 0.6 is 21.6 Å². The Labute approximate surface area is 340 Å². The van der Waals surface area contributed by atoms with Gasteiger partial charge < -0.3 is 49.8 Å². The lowest BCUT2D eigenvalue weighted by atomic mass is 9.71. The lowest BCUT2D eigenvalue weighted by molar-refractivity contribution is -0.255. The summed E-state index contributed by atoms with van der Waals surface area (Å²) in [4.78, 5) is 47.2. The molecular weight excluding hydrogens is 795 g/mol. The Balaban J connectivity index is 1.11. The average molecular weight is 838 g/mol. The van der Waals surface area contributed by atoms with Crippen molar-refractivity contribution in [1.82, 2.24) is 15.3 Å². The molecule has 2 aromatic carbocycles. The lowest BCUT2D eigenvalue weighted by Gasteiger charge is -2.44. The predicted molar refractivity (Wildman–Crippen MR) is 209 cm³/mol. The van der Waals surface area contributed by atoms with Crippen molar-refractivity contribution < 1.29 is 58.5 Å². The number of aromatic hydroxyl groups is 2. The second-order valence-electron chi connectivity index (χ2n) is 14.7. The molecule has 3 fully saturated rings. The molecule has 3 aromatic rings. The fourth-order valence-electron chi connectivity index (χ4n) is 8.54. The highest BCUT2D eigenvalue weighted by Crippen LogP contribution is 2.53. The number of morpholine rings is 1. The molecule has 3 aliphatic heterocycles. The third-order valence-electron chi connectivity index (χ3n) is 11.2. The van der Waals surface area contributed by atoms with Crippen LogP contribution in [-0.4, -0.2) is 129 Å². The van der Waals surface area contributed by atoms with Gasteiger partial charge in [0.15, 0.2) is 30.4 Å². The Kier molecular flexibility index (Phi) is 11.5. The summed E-state index contributed by atoms with van der Waals surface area (Å²) in [5, 5.41) is 51.8. The minimum absolute atomic E-state index is 0.0201. The molecule has 3 saturated heterocycles. The number of hydrazone groups is 1. The third-order valence-corrected chi connectivity index (χ3v) is 13.5. The summed E-state index contributed by atoms with van der Waals surface area (Å²) >= 11 is 0. The van der Waals surface area contributed by atoms with Crippen LogP contribution in [-0.2, 0) is 34.9 Å². The zero-order chi connectivity index (χ0) is 40.9. The summed E-state index contributed by atoms with van der Waals surface area (Å²) in [5.74, 6) is -2.88. The van der Waals surface area contributed by atoms with E-state index in [9.17, 15) is 34.8 Å². The standard InChI is InChI=1S/C39H43N5O12S2/c1-18-36-22(44-11-12-53-38(52-2)37(44)56-36)14-27(54-18)55-23-16-39(51,24(17-45)42-43-25(46)9-13-57-58-26-8-3-4-10-41-26)15-20-29(23)35(50)31-30(33(20)48)32(47)19-6-5-7-21(40)28(19)34(31)49/h3-8,10,18,22-23,27,36-38,45,48,50-51H,9,11-17,40H2,1-2H3,(H,43,46)/b42-24+/t18-,22-,23-,27-,36+,37+,38-,39-/m0/s1. The van der Waals surface area contributed by atoms with Crippen LogP contribution in [0.25, 0.3) is 0 Å². The van der Waals surface area contributed by atoms with E-state index in [4.69, 9.17) is 29.4 Å². The lowest BCUT2D eigenvalue weighted by Crippen LogP contribution is -2.55. The smallest absolute Gasteiger partial charge is 0.240 e. The van der Waals surface area contributed by atoms with Crippen LogP contribution in [0.3, 0.4) is 0 Å². The molecule has 58 heavy (non-hydrogen) atoms. The number of nitrogen functional groups attached to an aromatic ring is 1. The van der Waals surface area contributed by atoms with Crippen molar-refractivity contribution in [3.8, 4) is 11.5 Å². The number of hydrogen-bond donors (Lipinski definition) is 6. The number of nitrogens with zero attached hydrogens (tertiary/aromatic N) is 3. The number of benzene rings is 2. The van der Waals surface area contributed by atoms with Crippen LogP contribution in [0.1, 0.15) is 75.3 Å². The van der Waals surface area contributed by atoms with E-state index in [1.54, 1.807) is 12.3 Å². The van der Waals surface area contributed by atoms with Crippen molar-refractivity contribution in [2.75, 3.05) is 38.4 Å². The number of carbonyl (C=O) groups is 3. The first-order chi connectivity index (χ1) is 27.9. The van der Waals surface area contributed by atoms with Gasteiger partial charge in [0.05, 0.1) is 47.8 Å². The number of pyridine rings is 1. The number of methoxy groups -OCH3 is 1. The number of ketones is 2. The van der Waals surface area contributed by atoms with Gasteiger partial charge in [-0.1, -0.05) is 29.0 Å². The molecule has 1 amide bonds. The molecule has 0 radical (unpaired) electrons. The summed E-state index contributed by atoms with van der Waals surface area (Å²) in [6.45, 7) is 1.98. The van der Waals surface area contributed by atoms with Crippen LogP contribution in [0.2, 0.25) is 0 Å². The summed E-state index contributed by atoms with van der Waals surface area (Å²) in [6.07, 6.45) is -3.08. The minimum Gasteiger partial charge on any atom is -0.507 e. The molecule has 8 atom stereocenters. The van der Waals surface area contributed by atoms with Gasteiger partial charge in [0.2, 0.25) is 5.91 Å². The van der Waals surface area contributed by atoms with Gasteiger partial charge in [-0.2, -0.15) is 5.10 Å². The molecule has 19 heteroatoms. The first-order valence-corrected chi connectivity index (χ1v) is 21.1. The fraction of sp³-hybridized carbons (Fsp3) is 0.462. The van der Waals surface area contributed by atoms with Crippen molar-refractivity contribution >= 4 is 50.5 Å². The van der Waals surface area contributed by atoms with E-state index in [2.05, 4.69) is 20.4 Å². The number of aromatic nitrogens is 1. The maximum absolute atomic E-state index is 14.0. The van der Waals surface area contributed by atoms with E-state index in [0.29, 0.717) is 18.9 Å². The number of phenolic OH excluding ortho intramolecular Hbond substituents is 2. The van der Waals surface area contributed by atoms with E-state index >= 15 is 0 Å². The molecule has 0 spiro atoms. The molecule has 5 aliphatic rings. The van der Waals surface area contributed by atoms with Crippen molar-refractivity contribution in [2.24, 2.45) is 5.10 Å². The molecule has 0 saturated carbocycles. The van der Waals surface area contributed by atoms with E-state index < -0.39 is 89.7 Å². The predicted octanol–water partition coefficient (Wildman–Crippen LogP) is 2.41. The Morgan fingerprint density at radius 1 is 1.12 bits per heavy atom. The average Bonchev–Trinajstić information content (AvgIpc) is 3.59. The molecule has 7 N–H and O–H groups in total. The topological polar surface area (TPSA) is 245 Å². The van der Waals surface area contributed by atoms with Gasteiger partial charge in [-0.25, -0.2) is 10.4 Å². The van der Waals surface area contributed by atoms with Crippen molar-refractivity contribution in [1.29, 1.82) is 0 Å². The van der Waals surface area contributed by atoms with Crippen LogP contribution in [0.4, 0.5) is 5.69 Å². The maximum atomic E-state index is 14.0. The summed E-state index contributed by atoms with van der Waals surface area (Å²) in [6, 6.07) is 9.68. The van der Waals surface area contributed by atoms with Crippen molar-refractivity contribution in [3.63, 3.8) is 0 Å². The van der Waals surface area contributed by atoms with E-state index in [-0.39, 0.29) is 65.1 Å². The number of nitrogens with one attached hydrogen (secondary N) is 1. The van der Waals surface area contributed by atoms with Crippen LogP contribution < -0.4 is 11.2 Å². The van der Waals surface area contributed by atoms with Gasteiger partial charge in [-0.05, 0) is 35.9 Å². The Bertz CT molecular complexity index is 2150. The molecule has 0 unspecified atom stereocenters. The highest BCUT2D eigenvalue weighted by atomic mass is 33.1. The monoisotopic (exact) mass is 837 g/mol. The van der Waals surface area contributed by atoms with E-state index in [1.807, 2.05) is 19.1 Å². The quantitative estimate of drug-likeness (QED) is 0.0317. The number of carbonyl (C=O) groups excluding carboxylic acids is 3. The maximum Gasteiger partial charge on any atom is 0.240 e. The normalized spacial score (nSPS) is 29.2. The van der Waals surface area contributed by atoms with Crippen molar-refractivity contribution in [2.45, 2.75) is 86.4 Å². The Morgan fingerprint density at radius 3 is 2.69 bits per heavy atom. The van der Waals surface area contributed by atoms with E-state index in [0.717, 1.165) is 5.03 Å². The molecule has 0 bridgehead atoms. The van der Waals surface area contributed by atoms with Crippen LogP contribution in [0.15, 0.2) is 52.7 Å². The third kappa shape index (κ3) is 7.26. The minimum atomic E-state index is -2.11. The zero-order valence-corrected chi connectivity index (χ0v) is 33.2. The number of rotatable bonds is 11. The number of fused-ring (bicyclic) bond motifs is 6. The number of amides is 1.